The number of hydrogen-bond donors (Lipinski definition) is 0. The van der Waals surface area contributed by atoms with Crippen LogP contribution in [0.3, 0.4) is 0 Å². The van der Waals surface area contributed by atoms with E-state index < -0.39 is 8.07 Å². The Hall–Kier alpha value is -11.4. The molecule has 0 N–H and O–H groups in total. The molecule has 0 aliphatic carbocycles. The van der Waals surface area contributed by atoms with Crippen LogP contribution in [-0.2, 0) is 0 Å². The van der Waals surface area contributed by atoms with Gasteiger partial charge in [0.2, 0.25) is 0 Å². The first-order chi connectivity index (χ1) is 42.1. The van der Waals surface area contributed by atoms with Crippen molar-refractivity contribution in [1.82, 2.24) is 28.2 Å². The van der Waals surface area contributed by atoms with Gasteiger partial charge in [-0.15, -0.1) is 0 Å². The van der Waals surface area contributed by atoms with Gasteiger partial charge in [0.15, 0.2) is 13.9 Å². The largest absolute Gasteiger partial charge is 0.309 e. The normalized spacial score (nSPS) is 12.0. The Bertz CT molecular complexity index is 5420. The van der Waals surface area contributed by atoms with Crippen LogP contribution in [-0.4, -0.2) is 36.3 Å². The van der Waals surface area contributed by atoms with Crippen LogP contribution in [0.2, 0.25) is 0 Å². The van der Waals surface area contributed by atoms with Crippen LogP contribution in [0.1, 0.15) is 5.56 Å². The van der Waals surface area contributed by atoms with Crippen LogP contribution >= 0.6 is 0 Å². The van der Waals surface area contributed by atoms with Gasteiger partial charge in [-0.25, -0.2) is 9.97 Å². The molecule has 0 amide bonds. The predicted molar refractivity (Wildman–Crippen MR) is 353 cm³/mol. The summed E-state index contributed by atoms with van der Waals surface area (Å²) >= 11 is 0. The number of fused-ring (bicyclic) bond motifs is 12. The summed E-state index contributed by atoms with van der Waals surface area (Å²) in [6.07, 6.45) is 0. The molecule has 5 heterocycles. The lowest BCUT2D eigenvalue weighted by Gasteiger charge is -2.34. The lowest BCUT2D eigenvalue weighted by molar-refractivity contribution is 0.993. The Morgan fingerprint density at radius 2 is 0.647 bits per heavy atom. The first-order valence-corrected chi connectivity index (χ1v) is 30.8. The van der Waals surface area contributed by atoms with Gasteiger partial charge in [0, 0.05) is 66.1 Å². The maximum atomic E-state index is 10.0. The monoisotopic (exact) mass is 1100 g/mol. The molecule has 0 spiro atoms. The van der Waals surface area contributed by atoms with Gasteiger partial charge in [0.1, 0.15) is 11.6 Å². The molecule has 85 heavy (non-hydrogen) atoms. The van der Waals surface area contributed by atoms with Crippen molar-refractivity contribution in [2.24, 2.45) is 0 Å². The molecule has 396 valence electrons. The highest BCUT2D eigenvalue weighted by atomic mass is 28.3. The van der Waals surface area contributed by atoms with Gasteiger partial charge in [0.05, 0.1) is 55.8 Å². The third-order valence-electron chi connectivity index (χ3n) is 17.5. The Morgan fingerprint density at radius 1 is 0.271 bits per heavy atom. The van der Waals surface area contributed by atoms with E-state index >= 15 is 0 Å². The number of benzene rings is 12. The fraction of sp³-hybridized carbons (Fsp3) is 0. The van der Waals surface area contributed by atoms with Crippen LogP contribution in [0, 0.1) is 11.3 Å². The zero-order chi connectivity index (χ0) is 56.2. The summed E-state index contributed by atoms with van der Waals surface area (Å²) in [5.74, 6) is 2.09. The van der Waals surface area contributed by atoms with Crippen LogP contribution < -0.4 is 20.7 Å². The second-order valence-corrected chi connectivity index (χ2v) is 25.8. The molecular formula is C77H49N7Si. The highest BCUT2D eigenvalue weighted by Crippen LogP contribution is 2.40. The number of hydrogen-bond acceptors (Lipinski definition) is 3. The summed E-state index contributed by atoms with van der Waals surface area (Å²) in [5, 5.41) is 24.2. The van der Waals surface area contributed by atoms with Gasteiger partial charge < -0.3 is 9.13 Å². The highest BCUT2D eigenvalue weighted by Gasteiger charge is 2.41. The van der Waals surface area contributed by atoms with E-state index in [0.717, 1.165) is 94.0 Å². The molecule has 0 aliphatic heterocycles. The molecule has 0 fully saturated rings. The molecule has 17 aromatic rings. The molecular weight excluding hydrogens is 1050 g/mol. The second-order valence-electron chi connectivity index (χ2n) is 22.0. The average molecular weight is 1100 g/mol. The van der Waals surface area contributed by atoms with E-state index in [1.807, 2.05) is 12.1 Å². The third-order valence-corrected chi connectivity index (χ3v) is 22.3. The van der Waals surface area contributed by atoms with E-state index in [9.17, 15) is 5.26 Å². The lowest BCUT2D eigenvalue weighted by atomic mass is 10.1. The van der Waals surface area contributed by atoms with Gasteiger partial charge in [0.25, 0.3) is 0 Å². The van der Waals surface area contributed by atoms with Crippen molar-refractivity contribution in [3.63, 3.8) is 0 Å². The van der Waals surface area contributed by atoms with E-state index in [1.54, 1.807) is 0 Å². The molecule has 0 saturated heterocycles. The summed E-state index contributed by atoms with van der Waals surface area (Å²) in [4.78, 5) is 11.6. The average Bonchev–Trinajstić information content (AvgIpc) is 2.96. The van der Waals surface area contributed by atoms with Crippen molar-refractivity contribution in [3.05, 3.63) is 303 Å². The minimum absolute atomic E-state index is 0.608. The van der Waals surface area contributed by atoms with Crippen LogP contribution in [0.15, 0.2) is 297 Å². The molecule has 8 heteroatoms. The van der Waals surface area contributed by atoms with Crippen molar-refractivity contribution >= 4 is 116 Å². The van der Waals surface area contributed by atoms with E-state index in [2.05, 4.69) is 309 Å². The number of para-hydroxylation sites is 5. The first-order valence-electron chi connectivity index (χ1n) is 28.8. The molecule has 7 nitrogen and oxygen atoms in total. The zero-order valence-electron chi connectivity index (χ0n) is 45.9. The highest BCUT2D eigenvalue weighted by molar-refractivity contribution is 7.19. The molecule has 0 atom stereocenters. The number of nitriles is 1. The van der Waals surface area contributed by atoms with Crippen LogP contribution in [0.25, 0.3) is 122 Å². The van der Waals surface area contributed by atoms with E-state index in [-0.39, 0.29) is 0 Å². The number of nitrogens with zero attached hydrogens (tertiary/aromatic N) is 7. The van der Waals surface area contributed by atoms with Gasteiger partial charge in [-0.2, -0.15) is 5.26 Å². The second kappa shape index (κ2) is 19.1. The van der Waals surface area contributed by atoms with E-state index in [4.69, 9.17) is 9.97 Å². The Labute approximate surface area is 490 Å². The molecule has 17 rings (SSSR count). The van der Waals surface area contributed by atoms with Crippen LogP contribution in [0.4, 0.5) is 0 Å². The maximum Gasteiger partial charge on any atom is 0.179 e. The minimum Gasteiger partial charge on any atom is -0.309 e. The van der Waals surface area contributed by atoms with Gasteiger partial charge >= 0.3 is 0 Å². The Balaban J connectivity index is 0.946. The molecule has 5 aromatic heterocycles. The molecule has 0 aliphatic rings. The minimum atomic E-state index is -2.97. The summed E-state index contributed by atoms with van der Waals surface area (Å²) in [6, 6.07) is 110. The molecule has 0 unspecified atom stereocenters. The zero-order valence-corrected chi connectivity index (χ0v) is 46.9. The Morgan fingerprint density at radius 3 is 1.16 bits per heavy atom. The Kier molecular flexibility index (Phi) is 10.9. The van der Waals surface area contributed by atoms with Gasteiger partial charge in [-0.05, 0) is 99.6 Å². The van der Waals surface area contributed by atoms with Gasteiger partial charge in [-0.1, -0.05) is 212 Å². The van der Waals surface area contributed by atoms with E-state index in [1.165, 1.54) is 42.6 Å². The first kappa shape index (κ1) is 48.3. The summed E-state index contributed by atoms with van der Waals surface area (Å²) < 4.78 is 9.39. The maximum absolute atomic E-state index is 10.0. The van der Waals surface area contributed by atoms with E-state index in [0.29, 0.717) is 11.4 Å². The van der Waals surface area contributed by atoms with Crippen molar-refractivity contribution < 1.29 is 0 Å². The molecule has 0 radical (unpaired) electrons. The van der Waals surface area contributed by atoms with Crippen molar-refractivity contribution in [2.75, 3.05) is 0 Å². The summed E-state index contributed by atoms with van der Waals surface area (Å²) in [5.41, 5.74) is 12.2. The SMILES string of the molecule is N#Cc1ccc2c(c1)c1ccccc1n2-c1ccc2c3ccccc3n(-c3cc(-n4c5ccccc5c5cc(-n6c7ccccc7c7ccccc76)ccc54)nc(-c4cccc([Si](c5ccccc5)(c5ccccc5)c5ccccc5)c4)n3)c2c1. The smallest absolute Gasteiger partial charge is 0.179 e. The predicted octanol–water partition coefficient (Wildman–Crippen LogP) is 15.8. The molecule has 12 aromatic carbocycles. The summed E-state index contributed by atoms with van der Waals surface area (Å²) in [6.45, 7) is 0. The number of rotatable bonds is 9. The standard InChI is InChI=1S/C77H49N7Si/c78-50-51-39-43-72-65(45-51)62-32-13-17-36-69(62)82(72)54-40-42-64-61-31-12-18-37-70(61)84(74(64)48-54)76-49-75(83-71-38-19-14-33-63(71)66-47-53(41-44-73(66)83)81-67-34-15-10-29-59(67)60-30-11-16-35-68(60)81)79-77(80-76)52-21-20-28-58(46-52)85(55-22-4-1-5-23-55,56-24-6-2-7-25-56)57-26-8-3-9-27-57/h1-49H. The number of aromatic nitrogens is 6. The third kappa shape index (κ3) is 7.31. The van der Waals surface area contributed by atoms with Crippen LogP contribution in [0.5, 0.6) is 0 Å². The summed E-state index contributed by atoms with van der Waals surface area (Å²) in [7, 11) is -2.97. The van der Waals surface area contributed by atoms with Crippen molar-refractivity contribution in [3.8, 4) is 40.5 Å². The van der Waals surface area contributed by atoms with Crippen molar-refractivity contribution in [1.29, 1.82) is 5.26 Å². The lowest BCUT2D eigenvalue weighted by Crippen LogP contribution is -2.74. The van der Waals surface area contributed by atoms with Crippen molar-refractivity contribution in [2.45, 2.75) is 0 Å². The quantitative estimate of drug-likeness (QED) is 0.107. The topological polar surface area (TPSA) is 69.3 Å². The fourth-order valence-electron chi connectivity index (χ4n) is 13.9. The van der Waals surface area contributed by atoms with Gasteiger partial charge in [-0.3, -0.25) is 9.13 Å². The molecule has 0 bridgehead atoms. The molecule has 0 saturated carbocycles. The fourth-order valence-corrected chi connectivity index (χ4v) is 18.7.